The van der Waals surface area contributed by atoms with E-state index in [1.807, 2.05) is 0 Å². The van der Waals surface area contributed by atoms with Crippen molar-refractivity contribution >= 4 is 0 Å². The van der Waals surface area contributed by atoms with Crippen LogP contribution in [0.4, 0.5) is 4.39 Å². The van der Waals surface area contributed by atoms with Crippen molar-refractivity contribution in [1.29, 1.82) is 0 Å². The molecule has 1 aliphatic rings. The van der Waals surface area contributed by atoms with Gasteiger partial charge in [-0.15, -0.1) is 20.1 Å². The normalized spacial score (nSPS) is 19.6. The number of phenolic OH excluding ortho intramolecular Hbond substituents is 1. The van der Waals surface area contributed by atoms with Gasteiger partial charge >= 0.3 is 6.01 Å². The number of rotatable bonds is 4. The molecule has 0 unspecified atom stereocenters. The average Bonchev–Trinajstić information content (AvgIpc) is 3.24. The molecule has 0 amide bonds. The lowest BCUT2D eigenvalue weighted by atomic mass is 10.1. The molecule has 1 saturated carbocycles. The van der Waals surface area contributed by atoms with E-state index in [-0.39, 0.29) is 11.8 Å². The van der Waals surface area contributed by atoms with Crippen LogP contribution in [0, 0.1) is 6.92 Å². The summed E-state index contributed by atoms with van der Waals surface area (Å²) >= 11 is 0. The minimum absolute atomic E-state index is 0.0261. The summed E-state index contributed by atoms with van der Waals surface area (Å²) in [6, 6.07) is 4.90. The Labute approximate surface area is 147 Å². The molecule has 0 spiro atoms. The van der Waals surface area contributed by atoms with Gasteiger partial charge in [0.05, 0.1) is 11.9 Å². The molecule has 9 nitrogen and oxygen atoms in total. The molecule has 26 heavy (non-hydrogen) atoms. The molecule has 2 heterocycles. The highest BCUT2D eigenvalue weighted by Crippen LogP contribution is 2.30. The summed E-state index contributed by atoms with van der Waals surface area (Å²) in [7, 11) is 0. The summed E-state index contributed by atoms with van der Waals surface area (Å²) in [5, 5.41) is 29.9. The van der Waals surface area contributed by atoms with Crippen LogP contribution in [0.25, 0.3) is 16.9 Å². The molecule has 1 fully saturated rings. The van der Waals surface area contributed by atoms with Gasteiger partial charge in [-0.25, -0.2) is 9.37 Å². The number of hydrogen-bond donors (Lipinski definition) is 1. The number of aryl methyl sites for hydroxylation is 1. The van der Waals surface area contributed by atoms with Crippen molar-refractivity contribution in [2.24, 2.45) is 0 Å². The second-order valence-electron chi connectivity index (χ2n) is 6.06. The van der Waals surface area contributed by atoms with E-state index in [4.69, 9.17) is 4.74 Å². The molecule has 3 aromatic rings. The molecule has 134 valence electrons. The van der Waals surface area contributed by atoms with Gasteiger partial charge in [-0.05, 0) is 43.5 Å². The first kappa shape index (κ1) is 16.3. The fourth-order valence-electron chi connectivity index (χ4n) is 2.85. The first-order chi connectivity index (χ1) is 12.6. The molecule has 0 saturated heterocycles. The van der Waals surface area contributed by atoms with E-state index in [0.717, 1.165) is 6.42 Å². The lowest BCUT2D eigenvalue weighted by Gasteiger charge is -2.13. The molecule has 1 N–H and O–H groups in total. The molecular formula is C16H16FN7O2. The number of ether oxygens (including phenoxy) is 1. The Morgan fingerprint density at radius 3 is 2.73 bits per heavy atom. The highest BCUT2D eigenvalue weighted by Gasteiger charge is 2.29. The zero-order valence-corrected chi connectivity index (χ0v) is 13.9. The van der Waals surface area contributed by atoms with Crippen molar-refractivity contribution in [2.75, 3.05) is 0 Å². The molecule has 0 aliphatic heterocycles. The van der Waals surface area contributed by atoms with Crippen molar-refractivity contribution in [3.05, 3.63) is 30.2 Å². The van der Waals surface area contributed by atoms with Gasteiger partial charge in [0.1, 0.15) is 23.7 Å². The topological polar surface area (TPSA) is 112 Å². The van der Waals surface area contributed by atoms with Crippen LogP contribution < -0.4 is 4.74 Å². The molecular weight excluding hydrogens is 341 g/mol. The van der Waals surface area contributed by atoms with Gasteiger partial charge in [0.2, 0.25) is 0 Å². The third-order valence-corrected chi connectivity index (χ3v) is 4.17. The zero-order chi connectivity index (χ0) is 18.1. The number of nitrogens with zero attached hydrogens (tertiary/aromatic N) is 7. The summed E-state index contributed by atoms with van der Waals surface area (Å²) in [4.78, 5) is 5.38. The molecule has 1 aromatic carbocycles. The SMILES string of the molecule is Cc1nnn(-c2ccc(-c3cnc(O[C@@H]4CCC[C@H]4F)nn3)c(O)c2)n1. The van der Waals surface area contributed by atoms with Gasteiger partial charge in [0.25, 0.3) is 0 Å². The fourth-order valence-corrected chi connectivity index (χ4v) is 2.85. The first-order valence-electron chi connectivity index (χ1n) is 8.21. The van der Waals surface area contributed by atoms with E-state index in [1.54, 1.807) is 19.1 Å². The quantitative estimate of drug-likeness (QED) is 0.752. The number of alkyl halides is 1. The third kappa shape index (κ3) is 3.17. The molecule has 2 aromatic heterocycles. The lowest BCUT2D eigenvalue weighted by Crippen LogP contribution is -2.23. The Balaban J connectivity index is 1.53. The van der Waals surface area contributed by atoms with Gasteiger partial charge in [0, 0.05) is 11.6 Å². The minimum Gasteiger partial charge on any atom is -0.507 e. The van der Waals surface area contributed by atoms with Crippen LogP contribution in [0.15, 0.2) is 24.4 Å². The highest BCUT2D eigenvalue weighted by atomic mass is 19.1. The summed E-state index contributed by atoms with van der Waals surface area (Å²) in [5.41, 5.74) is 1.37. The van der Waals surface area contributed by atoms with Crippen molar-refractivity contribution in [3.63, 3.8) is 0 Å². The Hall–Kier alpha value is -3.17. The number of aromatic hydroxyl groups is 1. The van der Waals surface area contributed by atoms with E-state index in [2.05, 4.69) is 30.6 Å². The summed E-state index contributed by atoms with van der Waals surface area (Å²) < 4.78 is 19.0. The van der Waals surface area contributed by atoms with Gasteiger partial charge in [-0.3, -0.25) is 0 Å². The predicted octanol–water partition coefficient (Wildman–Crippen LogP) is 1.80. The molecule has 10 heteroatoms. The van der Waals surface area contributed by atoms with Crippen molar-refractivity contribution in [3.8, 4) is 28.7 Å². The first-order valence-corrected chi connectivity index (χ1v) is 8.21. The van der Waals surface area contributed by atoms with Crippen LogP contribution >= 0.6 is 0 Å². The number of aromatic nitrogens is 7. The fraction of sp³-hybridized carbons (Fsp3) is 0.375. The maximum atomic E-state index is 13.6. The van der Waals surface area contributed by atoms with Crippen LogP contribution in [0.3, 0.4) is 0 Å². The lowest BCUT2D eigenvalue weighted by molar-refractivity contribution is 0.113. The summed E-state index contributed by atoms with van der Waals surface area (Å²) in [6.07, 6.45) is 1.84. The number of halogens is 1. The maximum Gasteiger partial charge on any atom is 0.336 e. The zero-order valence-electron chi connectivity index (χ0n) is 13.9. The standard InChI is InChI=1S/C16H16FN7O2/c1-9-19-23-24(22-9)10-5-6-11(14(25)7-10)13-8-18-16(21-20-13)26-15-4-2-3-12(15)17/h5-8,12,15,25H,2-4H2,1H3/t12-,15-/m1/s1. The Morgan fingerprint density at radius 2 is 2.12 bits per heavy atom. The minimum atomic E-state index is -0.996. The Kier molecular flexibility index (Phi) is 4.15. The van der Waals surface area contributed by atoms with E-state index in [1.165, 1.54) is 17.1 Å². The Bertz CT molecular complexity index is 915. The second kappa shape index (κ2) is 6.62. The monoisotopic (exact) mass is 357 g/mol. The third-order valence-electron chi connectivity index (χ3n) is 4.17. The van der Waals surface area contributed by atoms with Crippen LogP contribution in [0.2, 0.25) is 0 Å². The van der Waals surface area contributed by atoms with Gasteiger partial charge < -0.3 is 9.84 Å². The number of tetrazole rings is 1. The van der Waals surface area contributed by atoms with Crippen LogP contribution in [0.5, 0.6) is 11.8 Å². The number of hydrogen-bond acceptors (Lipinski definition) is 8. The second-order valence-corrected chi connectivity index (χ2v) is 6.06. The number of phenols is 1. The average molecular weight is 357 g/mol. The molecule has 2 atom stereocenters. The van der Waals surface area contributed by atoms with Gasteiger partial charge in [0.15, 0.2) is 5.82 Å². The van der Waals surface area contributed by atoms with E-state index >= 15 is 0 Å². The van der Waals surface area contributed by atoms with Crippen molar-refractivity contribution in [2.45, 2.75) is 38.5 Å². The van der Waals surface area contributed by atoms with Crippen molar-refractivity contribution < 1.29 is 14.2 Å². The molecule has 1 aliphatic carbocycles. The Morgan fingerprint density at radius 1 is 1.23 bits per heavy atom. The highest BCUT2D eigenvalue weighted by molar-refractivity contribution is 5.67. The van der Waals surface area contributed by atoms with Crippen LogP contribution in [-0.2, 0) is 0 Å². The molecule has 4 rings (SSSR count). The van der Waals surface area contributed by atoms with Gasteiger partial charge in [-0.2, -0.15) is 0 Å². The molecule has 0 bridgehead atoms. The summed E-state index contributed by atoms with van der Waals surface area (Å²) in [6.45, 7) is 1.72. The van der Waals surface area contributed by atoms with Crippen LogP contribution in [0.1, 0.15) is 25.1 Å². The number of benzene rings is 1. The van der Waals surface area contributed by atoms with E-state index in [0.29, 0.717) is 35.6 Å². The van der Waals surface area contributed by atoms with E-state index < -0.39 is 12.3 Å². The molecule has 0 radical (unpaired) electrons. The smallest absolute Gasteiger partial charge is 0.336 e. The largest absolute Gasteiger partial charge is 0.507 e. The summed E-state index contributed by atoms with van der Waals surface area (Å²) in [5.74, 6) is 0.499. The maximum absolute atomic E-state index is 13.6. The predicted molar refractivity (Wildman–Crippen MR) is 87.5 cm³/mol. The van der Waals surface area contributed by atoms with Crippen LogP contribution in [-0.4, -0.2) is 52.8 Å². The van der Waals surface area contributed by atoms with E-state index in [9.17, 15) is 9.50 Å². The van der Waals surface area contributed by atoms with Gasteiger partial charge in [-0.1, -0.05) is 5.10 Å². The van der Waals surface area contributed by atoms with Crippen molar-refractivity contribution in [1.82, 2.24) is 35.4 Å².